The van der Waals surface area contributed by atoms with Crippen molar-refractivity contribution in [2.24, 2.45) is 5.73 Å². The zero-order chi connectivity index (χ0) is 9.84. The van der Waals surface area contributed by atoms with E-state index in [2.05, 4.69) is 4.98 Å². The van der Waals surface area contributed by atoms with Gasteiger partial charge in [-0.25, -0.2) is 4.98 Å². The highest BCUT2D eigenvalue weighted by molar-refractivity contribution is 5.29. The van der Waals surface area contributed by atoms with Crippen LogP contribution in [0.4, 0.5) is 5.82 Å². The number of aliphatic hydroxyl groups is 2. The maximum absolute atomic E-state index is 9.47. The average molecular weight is 183 g/mol. The van der Waals surface area contributed by atoms with Gasteiger partial charge < -0.3 is 21.7 Å². The van der Waals surface area contributed by atoms with Crippen LogP contribution in [0.1, 0.15) is 11.8 Å². The third kappa shape index (κ3) is 2.38. The molecule has 72 valence electrons. The first-order valence-corrected chi connectivity index (χ1v) is 3.93. The van der Waals surface area contributed by atoms with Crippen molar-refractivity contribution < 1.29 is 10.2 Å². The fourth-order valence-corrected chi connectivity index (χ4v) is 0.960. The topological polar surface area (TPSA) is 105 Å². The first kappa shape index (κ1) is 9.91. The van der Waals surface area contributed by atoms with Crippen molar-refractivity contribution in [1.29, 1.82) is 0 Å². The number of rotatable bonds is 3. The largest absolute Gasteiger partial charge is 0.389 e. The maximum Gasteiger partial charge on any atom is 0.123 e. The van der Waals surface area contributed by atoms with Crippen LogP contribution in [0.15, 0.2) is 18.2 Å². The van der Waals surface area contributed by atoms with E-state index < -0.39 is 12.2 Å². The number of hydrogen-bond donors (Lipinski definition) is 4. The minimum Gasteiger partial charge on any atom is -0.389 e. The van der Waals surface area contributed by atoms with Gasteiger partial charge in [-0.1, -0.05) is 6.07 Å². The zero-order valence-electron chi connectivity index (χ0n) is 7.09. The highest BCUT2D eigenvalue weighted by atomic mass is 16.3. The Bertz CT molecular complexity index is 280. The minimum absolute atomic E-state index is 0.0162. The molecule has 1 aromatic heterocycles. The van der Waals surface area contributed by atoms with Gasteiger partial charge in [-0.2, -0.15) is 0 Å². The van der Waals surface area contributed by atoms with Crippen LogP contribution in [0.5, 0.6) is 0 Å². The van der Waals surface area contributed by atoms with Crippen LogP contribution in [-0.2, 0) is 0 Å². The van der Waals surface area contributed by atoms with Gasteiger partial charge >= 0.3 is 0 Å². The fraction of sp³-hybridized carbons (Fsp3) is 0.375. The molecule has 5 heteroatoms. The summed E-state index contributed by atoms with van der Waals surface area (Å²) < 4.78 is 0. The number of aromatic nitrogens is 1. The van der Waals surface area contributed by atoms with Crippen molar-refractivity contribution in [2.75, 3.05) is 12.3 Å². The Morgan fingerprint density at radius 3 is 2.62 bits per heavy atom. The summed E-state index contributed by atoms with van der Waals surface area (Å²) in [4.78, 5) is 3.85. The molecule has 0 aliphatic rings. The second-order valence-corrected chi connectivity index (χ2v) is 2.74. The molecule has 0 saturated carbocycles. The summed E-state index contributed by atoms with van der Waals surface area (Å²) >= 11 is 0. The molecule has 0 amide bonds. The second kappa shape index (κ2) is 4.18. The number of pyridine rings is 1. The molecule has 1 heterocycles. The van der Waals surface area contributed by atoms with Gasteiger partial charge in [0.2, 0.25) is 0 Å². The van der Waals surface area contributed by atoms with E-state index in [-0.39, 0.29) is 6.54 Å². The van der Waals surface area contributed by atoms with Crippen molar-refractivity contribution in [2.45, 2.75) is 12.2 Å². The molecule has 5 nitrogen and oxygen atoms in total. The summed E-state index contributed by atoms with van der Waals surface area (Å²) in [7, 11) is 0. The Labute approximate surface area is 76.0 Å². The van der Waals surface area contributed by atoms with Crippen LogP contribution < -0.4 is 11.5 Å². The number of nitrogens with zero attached hydrogens (tertiary/aromatic N) is 1. The van der Waals surface area contributed by atoms with Crippen LogP contribution in [0, 0.1) is 0 Å². The average Bonchev–Trinajstić information content (AvgIpc) is 2.15. The Kier molecular flexibility index (Phi) is 3.18. The Morgan fingerprint density at radius 1 is 1.38 bits per heavy atom. The molecule has 0 fully saturated rings. The molecule has 0 spiro atoms. The van der Waals surface area contributed by atoms with Crippen LogP contribution in [0.2, 0.25) is 0 Å². The van der Waals surface area contributed by atoms with Crippen molar-refractivity contribution in [1.82, 2.24) is 4.98 Å². The molecule has 0 aromatic carbocycles. The minimum atomic E-state index is -1.08. The summed E-state index contributed by atoms with van der Waals surface area (Å²) in [6, 6.07) is 4.84. The molecule has 0 radical (unpaired) electrons. The lowest BCUT2D eigenvalue weighted by Gasteiger charge is -2.15. The van der Waals surface area contributed by atoms with Crippen molar-refractivity contribution in [3.63, 3.8) is 0 Å². The molecule has 13 heavy (non-hydrogen) atoms. The molecular formula is C8H13N3O2. The number of nitrogens with two attached hydrogens (primary N) is 2. The Hall–Kier alpha value is -1.17. The van der Waals surface area contributed by atoms with E-state index in [0.29, 0.717) is 11.5 Å². The summed E-state index contributed by atoms with van der Waals surface area (Å²) in [5, 5.41) is 18.7. The number of aliphatic hydroxyl groups excluding tert-OH is 2. The molecule has 0 aliphatic carbocycles. The Balaban J connectivity index is 2.82. The SMILES string of the molecule is NCC(O)C(O)c1cccc(N)n1. The monoisotopic (exact) mass is 183 g/mol. The van der Waals surface area contributed by atoms with E-state index >= 15 is 0 Å². The lowest BCUT2D eigenvalue weighted by molar-refractivity contribution is 0.0218. The van der Waals surface area contributed by atoms with E-state index in [1.807, 2.05) is 0 Å². The van der Waals surface area contributed by atoms with Gasteiger partial charge in [0.25, 0.3) is 0 Å². The molecule has 2 unspecified atom stereocenters. The second-order valence-electron chi connectivity index (χ2n) is 2.74. The summed E-state index contributed by atoms with van der Waals surface area (Å²) in [5.41, 5.74) is 10.9. The van der Waals surface area contributed by atoms with Gasteiger partial charge in [-0.05, 0) is 12.1 Å². The van der Waals surface area contributed by atoms with E-state index in [9.17, 15) is 10.2 Å². The Morgan fingerprint density at radius 2 is 2.08 bits per heavy atom. The van der Waals surface area contributed by atoms with Gasteiger partial charge in [0.05, 0.1) is 11.8 Å². The first-order valence-electron chi connectivity index (χ1n) is 3.93. The zero-order valence-corrected chi connectivity index (χ0v) is 7.09. The molecule has 6 N–H and O–H groups in total. The summed E-state index contributed by atoms with van der Waals surface area (Å²) in [6.45, 7) is -0.0162. The first-order chi connectivity index (χ1) is 6.15. The van der Waals surface area contributed by atoms with Crippen LogP contribution >= 0.6 is 0 Å². The van der Waals surface area contributed by atoms with Crippen LogP contribution in [0.3, 0.4) is 0 Å². The normalized spacial score (nSPS) is 15.3. The van der Waals surface area contributed by atoms with Gasteiger partial charge in [0.15, 0.2) is 0 Å². The molecule has 0 aliphatic heterocycles. The van der Waals surface area contributed by atoms with Crippen molar-refractivity contribution in [3.05, 3.63) is 23.9 Å². The highest BCUT2D eigenvalue weighted by Gasteiger charge is 2.17. The summed E-state index contributed by atoms with van der Waals surface area (Å²) in [5.74, 6) is 0.306. The molecular weight excluding hydrogens is 170 g/mol. The van der Waals surface area contributed by atoms with E-state index in [4.69, 9.17) is 11.5 Å². The van der Waals surface area contributed by atoms with Gasteiger partial charge in [0, 0.05) is 6.54 Å². The van der Waals surface area contributed by atoms with Crippen molar-refractivity contribution >= 4 is 5.82 Å². The number of hydrogen-bond acceptors (Lipinski definition) is 5. The predicted octanol–water partition coefficient (Wildman–Crippen LogP) is -0.983. The number of nitrogen functional groups attached to an aromatic ring is 1. The lowest BCUT2D eigenvalue weighted by Crippen LogP contribution is -2.27. The quantitative estimate of drug-likeness (QED) is 0.482. The summed E-state index contributed by atoms with van der Waals surface area (Å²) in [6.07, 6.45) is -2.08. The van der Waals surface area contributed by atoms with E-state index in [1.54, 1.807) is 18.2 Å². The van der Waals surface area contributed by atoms with Crippen LogP contribution in [-0.4, -0.2) is 27.8 Å². The van der Waals surface area contributed by atoms with Crippen LogP contribution in [0.25, 0.3) is 0 Å². The molecule has 1 aromatic rings. The molecule has 1 rings (SSSR count). The standard InChI is InChI=1S/C8H13N3O2/c9-4-6(12)8(13)5-2-1-3-7(10)11-5/h1-3,6,8,12-13H,4,9H2,(H2,10,11). The predicted molar refractivity (Wildman–Crippen MR) is 48.7 cm³/mol. The number of anilines is 1. The third-order valence-electron chi connectivity index (χ3n) is 1.70. The van der Waals surface area contributed by atoms with Gasteiger partial charge in [-0.15, -0.1) is 0 Å². The molecule has 2 atom stereocenters. The third-order valence-corrected chi connectivity index (χ3v) is 1.70. The lowest BCUT2D eigenvalue weighted by atomic mass is 10.1. The van der Waals surface area contributed by atoms with Gasteiger partial charge in [0.1, 0.15) is 11.9 Å². The maximum atomic E-state index is 9.47. The fourth-order valence-electron chi connectivity index (χ4n) is 0.960. The van der Waals surface area contributed by atoms with Gasteiger partial charge in [-0.3, -0.25) is 0 Å². The molecule has 0 bridgehead atoms. The van der Waals surface area contributed by atoms with Crippen molar-refractivity contribution in [3.8, 4) is 0 Å². The van der Waals surface area contributed by atoms with E-state index in [0.717, 1.165) is 0 Å². The smallest absolute Gasteiger partial charge is 0.123 e. The van der Waals surface area contributed by atoms with E-state index in [1.165, 1.54) is 0 Å². The highest BCUT2D eigenvalue weighted by Crippen LogP contribution is 2.14. The molecule has 0 saturated heterocycles.